The molecule has 0 fully saturated rings. The lowest BCUT2D eigenvalue weighted by molar-refractivity contribution is -0.871. The van der Waals surface area contributed by atoms with Crippen LogP contribution in [0.4, 0.5) is 10.5 Å². The molecule has 2 rings (SSSR count). The van der Waals surface area contributed by atoms with Crippen molar-refractivity contribution in [1.29, 1.82) is 0 Å². The average Bonchev–Trinajstić information content (AvgIpc) is 2.57. The number of quaternary nitrogens is 1. The summed E-state index contributed by atoms with van der Waals surface area (Å²) < 4.78 is 6.61. The SMILES string of the molecule is C[NH+](CCOc1ccc(Br)cc1)CC(=O)NC(=O)Nc1ccccc1. The number of nitrogens with one attached hydrogen (secondary N) is 3. The largest absolute Gasteiger partial charge is 0.488 e. The molecule has 0 aromatic heterocycles. The summed E-state index contributed by atoms with van der Waals surface area (Å²) in [6.45, 7) is 1.31. The van der Waals surface area contributed by atoms with Gasteiger partial charge in [0.25, 0.3) is 5.91 Å². The third-order valence-electron chi connectivity index (χ3n) is 3.36. The van der Waals surface area contributed by atoms with E-state index in [1.807, 2.05) is 37.4 Å². The second-order valence-corrected chi connectivity index (χ2v) is 6.47. The Kier molecular flexibility index (Phi) is 7.43. The summed E-state index contributed by atoms with van der Waals surface area (Å²) in [5.74, 6) is 0.442. The molecule has 0 bridgehead atoms. The molecular formula is C18H21BrN3O3+. The molecule has 2 aromatic carbocycles. The Hall–Kier alpha value is -2.38. The molecule has 2 aromatic rings. The standard InChI is InChI=1S/C18H20BrN3O3/c1-22(11-12-25-16-9-7-14(19)8-10-16)13-17(23)21-18(24)20-15-5-3-2-4-6-15/h2-10H,11-13H2,1H3,(H2,20,21,23,24)/p+1. The fourth-order valence-corrected chi connectivity index (χ4v) is 2.36. The van der Waals surface area contributed by atoms with E-state index in [9.17, 15) is 9.59 Å². The molecule has 0 saturated heterocycles. The molecular weight excluding hydrogens is 386 g/mol. The van der Waals surface area contributed by atoms with E-state index >= 15 is 0 Å². The van der Waals surface area contributed by atoms with Crippen LogP contribution in [0, 0.1) is 0 Å². The van der Waals surface area contributed by atoms with Crippen LogP contribution in [0.1, 0.15) is 0 Å². The van der Waals surface area contributed by atoms with E-state index in [4.69, 9.17) is 4.74 Å². The number of amides is 3. The molecule has 0 aliphatic carbocycles. The zero-order valence-electron chi connectivity index (χ0n) is 13.9. The number of imide groups is 1. The van der Waals surface area contributed by atoms with E-state index in [2.05, 4.69) is 26.6 Å². The smallest absolute Gasteiger partial charge is 0.326 e. The molecule has 7 heteroatoms. The summed E-state index contributed by atoms with van der Waals surface area (Å²) in [5, 5.41) is 4.92. The van der Waals surface area contributed by atoms with E-state index in [-0.39, 0.29) is 12.5 Å². The lowest BCUT2D eigenvalue weighted by Crippen LogP contribution is -3.10. The number of rotatable bonds is 7. The van der Waals surface area contributed by atoms with Crippen LogP contribution >= 0.6 is 15.9 Å². The van der Waals surface area contributed by atoms with Gasteiger partial charge in [0, 0.05) is 10.2 Å². The van der Waals surface area contributed by atoms with Gasteiger partial charge >= 0.3 is 6.03 Å². The molecule has 25 heavy (non-hydrogen) atoms. The van der Waals surface area contributed by atoms with Crippen LogP contribution in [-0.4, -0.2) is 38.7 Å². The number of likely N-dealkylation sites (N-methyl/N-ethyl adjacent to an activating group) is 1. The minimum absolute atomic E-state index is 0.186. The second kappa shape index (κ2) is 9.80. The molecule has 0 spiro atoms. The maximum Gasteiger partial charge on any atom is 0.326 e. The summed E-state index contributed by atoms with van der Waals surface area (Å²) in [6, 6.07) is 16.0. The van der Waals surface area contributed by atoms with Gasteiger partial charge in [-0.15, -0.1) is 0 Å². The normalized spacial score (nSPS) is 11.4. The summed E-state index contributed by atoms with van der Waals surface area (Å²) in [6.07, 6.45) is 0. The highest BCUT2D eigenvalue weighted by molar-refractivity contribution is 9.10. The molecule has 0 aliphatic rings. The lowest BCUT2D eigenvalue weighted by Gasteiger charge is -2.14. The number of halogens is 1. The quantitative estimate of drug-likeness (QED) is 0.654. The first-order chi connectivity index (χ1) is 12.0. The van der Waals surface area contributed by atoms with Crippen molar-refractivity contribution >= 4 is 33.6 Å². The fraction of sp³-hybridized carbons (Fsp3) is 0.222. The summed E-state index contributed by atoms with van der Waals surface area (Å²) in [5.41, 5.74) is 0.636. The van der Waals surface area contributed by atoms with Crippen molar-refractivity contribution in [3.05, 3.63) is 59.1 Å². The number of carbonyl (C=O) groups excluding carboxylic acids is 2. The number of hydrogen-bond donors (Lipinski definition) is 3. The first kappa shape index (κ1) is 19.0. The molecule has 3 N–H and O–H groups in total. The highest BCUT2D eigenvalue weighted by Gasteiger charge is 2.13. The Morgan fingerprint density at radius 3 is 2.44 bits per heavy atom. The van der Waals surface area contributed by atoms with Gasteiger partial charge in [0.15, 0.2) is 6.54 Å². The molecule has 1 unspecified atom stereocenters. The van der Waals surface area contributed by atoms with Crippen LogP contribution in [-0.2, 0) is 4.79 Å². The van der Waals surface area contributed by atoms with Gasteiger partial charge in [0.1, 0.15) is 18.9 Å². The van der Waals surface area contributed by atoms with E-state index in [0.717, 1.165) is 15.1 Å². The Morgan fingerprint density at radius 1 is 1.08 bits per heavy atom. The number of hydrogen-bond acceptors (Lipinski definition) is 3. The highest BCUT2D eigenvalue weighted by Crippen LogP contribution is 2.15. The fourth-order valence-electron chi connectivity index (χ4n) is 2.09. The molecule has 132 valence electrons. The number of anilines is 1. The molecule has 1 atom stereocenters. The Morgan fingerprint density at radius 2 is 1.76 bits per heavy atom. The highest BCUT2D eigenvalue weighted by atomic mass is 79.9. The third kappa shape index (κ3) is 7.36. The van der Waals surface area contributed by atoms with E-state index < -0.39 is 6.03 Å². The van der Waals surface area contributed by atoms with Gasteiger partial charge in [-0.05, 0) is 36.4 Å². The maximum atomic E-state index is 11.9. The van der Waals surface area contributed by atoms with Gasteiger partial charge in [-0.25, -0.2) is 4.79 Å². The minimum atomic E-state index is -0.532. The summed E-state index contributed by atoms with van der Waals surface area (Å²) >= 11 is 3.37. The number of urea groups is 1. The summed E-state index contributed by atoms with van der Waals surface area (Å²) in [7, 11) is 1.87. The number of ether oxygens (including phenoxy) is 1. The second-order valence-electron chi connectivity index (χ2n) is 5.55. The molecule has 0 heterocycles. The van der Waals surface area contributed by atoms with Crippen LogP contribution in [0.5, 0.6) is 5.75 Å². The van der Waals surface area contributed by atoms with Crippen molar-refractivity contribution in [2.24, 2.45) is 0 Å². The average molecular weight is 407 g/mol. The zero-order valence-corrected chi connectivity index (χ0v) is 15.5. The van der Waals surface area contributed by atoms with Gasteiger partial charge in [0.05, 0.1) is 7.05 Å². The van der Waals surface area contributed by atoms with Gasteiger partial charge in [-0.2, -0.15) is 0 Å². The predicted molar refractivity (Wildman–Crippen MR) is 99.9 cm³/mol. The first-order valence-electron chi connectivity index (χ1n) is 7.88. The van der Waals surface area contributed by atoms with Crippen LogP contribution in [0.3, 0.4) is 0 Å². The Labute approximate surface area is 155 Å². The first-order valence-corrected chi connectivity index (χ1v) is 8.68. The zero-order chi connectivity index (χ0) is 18.1. The molecule has 0 aliphatic heterocycles. The lowest BCUT2D eigenvalue weighted by atomic mass is 10.3. The van der Waals surface area contributed by atoms with Gasteiger partial charge < -0.3 is 15.0 Å². The van der Waals surface area contributed by atoms with Crippen molar-refractivity contribution < 1.29 is 19.2 Å². The van der Waals surface area contributed by atoms with E-state index in [0.29, 0.717) is 18.8 Å². The van der Waals surface area contributed by atoms with E-state index in [1.165, 1.54) is 0 Å². The minimum Gasteiger partial charge on any atom is -0.488 e. The van der Waals surface area contributed by atoms with Crippen molar-refractivity contribution in [1.82, 2.24) is 5.32 Å². The number of para-hydroxylation sites is 1. The van der Waals surface area contributed by atoms with Crippen LogP contribution < -0.4 is 20.3 Å². The summed E-state index contributed by atoms with van der Waals surface area (Å²) in [4.78, 5) is 24.6. The van der Waals surface area contributed by atoms with Crippen molar-refractivity contribution in [2.75, 3.05) is 32.1 Å². The van der Waals surface area contributed by atoms with Crippen LogP contribution in [0.2, 0.25) is 0 Å². The Balaban J connectivity index is 1.65. The van der Waals surface area contributed by atoms with Crippen molar-refractivity contribution in [3.63, 3.8) is 0 Å². The molecule has 3 amide bonds. The molecule has 0 radical (unpaired) electrons. The number of carbonyl (C=O) groups is 2. The molecule has 6 nitrogen and oxygen atoms in total. The maximum absolute atomic E-state index is 11.9. The third-order valence-corrected chi connectivity index (χ3v) is 3.89. The van der Waals surface area contributed by atoms with E-state index in [1.54, 1.807) is 24.3 Å². The van der Waals surface area contributed by atoms with Crippen LogP contribution in [0.15, 0.2) is 59.1 Å². The van der Waals surface area contributed by atoms with Gasteiger partial charge in [-0.3, -0.25) is 10.1 Å². The number of benzene rings is 2. The topological polar surface area (TPSA) is 71.9 Å². The van der Waals surface area contributed by atoms with Crippen molar-refractivity contribution in [3.8, 4) is 5.75 Å². The van der Waals surface area contributed by atoms with Crippen molar-refractivity contribution in [2.45, 2.75) is 0 Å². The van der Waals surface area contributed by atoms with Gasteiger partial charge in [0.2, 0.25) is 0 Å². The van der Waals surface area contributed by atoms with Crippen LogP contribution in [0.25, 0.3) is 0 Å². The predicted octanol–water partition coefficient (Wildman–Crippen LogP) is 1.69. The monoisotopic (exact) mass is 406 g/mol. The molecule has 0 saturated carbocycles. The Bertz CT molecular complexity index is 692. The van der Waals surface area contributed by atoms with Gasteiger partial charge in [-0.1, -0.05) is 34.1 Å².